The lowest BCUT2D eigenvalue weighted by Gasteiger charge is -2.21. The molecule has 1 unspecified atom stereocenters. The van der Waals surface area contributed by atoms with Crippen LogP contribution in [0.2, 0.25) is 0 Å². The van der Waals surface area contributed by atoms with E-state index in [0.29, 0.717) is 53.3 Å². The molecule has 1 atom stereocenters. The number of aryl methyl sites for hydroxylation is 1. The fourth-order valence-electron chi connectivity index (χ4n) is 4.37. The minimum Gasteiger partial charge on any atom is -0.493 e. The van der Waals surface area contributed by atoms with Crippen LogP contribution >= 0.6 is 0 Å². The molecule has 1 aromatic heterocycles. The first-order valence-corrected chi connectivity index (χ1v) is 12.2. The van der Waals surface area contributed by atoms with Gasteiger partial charge >= 0.3 is 12.1 Å². The molecule has 1 heterocycles. The standard InChI is InChI=1S/C30H25F4NO4/c1-3-13-39-26-11-8-18(22-15-19(29(37)38)7-6-17(22)2)14-23(26)27(25-5-4-12-35-25)28(36)21-10-9-20(16-24(21)31)30(32,33)34/h4-12,14-16,27,35H,3,13H2,1-2H3,(H,37,38). The zero-order valence-corrected chi connectivity index (χ0v) is 21.1. The number of carbonyl (C=O) groups is 2. The van der Waals surface area contributed by atoms with Crippen LogP contribution in [0, 0.1) is 12.7 Å². The number of ketones is 1. The predicted octanol–water partition coefficient (Wildman–Crippen LogP) is 7.65. The van der Waals surface area contributed by atoms with Gasteiger partial charge < -0.3 is 14.8 Å². The molecule has 9 heteroatoms. The molecule has 0 aliphatic rings. The van der Waals surface area contributed by atoms with Crippen molar-refractivity contribution in [3.05, 3.63) is 112 Å². The Kier molecular flexibility index (Phi) is 7.90. The Balaban J connectivity index is 1.91. The number of H-pyrrole nitrogens is 1. The van der Waals surface area contributed by atoms with Gasteiger partial charge in [0.25, 0.3) is 0 Å². The minimum absolute atomic E-state index is 0.0762. The molecular weight excluding hydrogens is 514 g/mol. The van der Waals surface area contributed by atoms with E-state index in [2.05, 4.69) is 4.98 Å². The molecule has 3 aromatic carbocycles. The van der Waals surface area contributed by atoms with Crippen LogP contribution in [0.25, 0.3) is 11.1 Å². The van der Waals surface area contributed by atoms with Gasteiger partial charge in [0, 0.05) is 17.5 Å². The predicted molar refractivity (Wildman–Crippen MR) is 138 cm³/mol. The highest BCUT2D eigenvalue weighted by molar-refractivity contribution is 6.03. The van der Waals surface area contributed by atoms with Crippen molar-refractivity contribution >= 4 is 11.8 Å². The number of aromatic nitrogens is 1. The summed E-state index contributed by atoms with van der Waals surface area (Å²) in [6, 6.07) is 14.8. The van der Waals surface area contributed by atoms with Gasteiger partial charge in [-0.05, 0) is 84.6 Å². The number of rotatable bonds is 9. The number of halogens is 4. The second kappa shape index (κ2) is 11.1. The Labute approximate surface area is 222 Å². The first kappa shape index (κ1) is 27.6. The molecule has 0 radical (unpaired) electrons. The highest BCUT2D eigenvalue weighted by Gasteiger charge is 2.34. The van der Waals surface area contributed by atoms with E-state index in [1.54, 1.807) is 42.6 Å². The van der Waals surface area contributed by atoms with Gasteiger partial charge in [-0.3, -0.25) is 4.79 Å². The second-order valence-corrected chi connectivity index (χ2v) is 9.05. The van der Waals surface area contributed by atoms with E-state index in [-0.39, 0.29) is 5.56 Å². The van der Waals surface area contributed by atoms with Gasteiger partial charge in [0.05, 0.1) is 29.2 Å². The van der Waals surface area contributed by atoms with Crippen molar-refractivity contribution in [3.63, 3.8) is 0 Å². The lowest BCUT2D eigenvalue weighted by atomic mass is 9.85. The molecule has 0 aliphatic carbocycles. The topological polar surface area (TPSA) is 79.4 Å². The fourth-order valence-corrected chi connectivity index (χ4v) is 4.37. The van der Waals surface area contributed by atoms with E-state index in [4.69, 9.17) is 4.74 Å². The highest BCUT2D eigenvalue weighted by atomic mass is 19.4. The van der Waals surface area contributed by atoms with Crippen LogP contribution in [-0.4, -0.2) is 28.4 Å². The van der Waals surface area contributed by atoms with Crippen LogP contribution in [-0.2, 0) is 6.18 Å². The van der Waals surface area contributed by atoms with Crippen molar-refractivity contribution in [1.82, 2.24) is 4.98 Å². The Morgan fingerprint density at radius 1 is 1.03 bits per heavy atom. The van der Waals surface area contributed by atoms with Crippen molar-refractivity contribution in [2.24, 2.45) is 0 Å². The van der Waals surface area contributed by atoms with Gasteiger partial charge in [-0.25, -0.2) is 9.18 Å². The average molecular weight is 540 g/mol. The maximum atomic E-state index is 15.0. The van der Waals surface area contributed by atoms with Crippen molar-refractivity contribution in [2.45, 2.75) is 32.4 Å². The number of Topliss-reactive ketones (excluding diaryl/α,β-unsaturated/α-hetero) is 1. The molecule has 4 rings (SSSR count). The zero-order valence-electron chi connectivity index (χ0n) is 21.1. The molecule has 39 heavy (non-hydrogen) atoms. The van der Waals surface area contributed by atoms with Gasteiger partial charge in [0.15, 0.2) is 5.78 Å². The largest absolute Gasteiger partial charge is 0.493 e. The summed E-state index contributed by atoms with van der Waals surface area (Å²) in [4.78, 5) is 28.4. The molecule has 0 aliphatic heterocycles. The summed E-state index contributed by atoms with van der Waals surface area (Å²) in [5.74, 6) is -3.97. The lowest BCUT2D eigenvalue weighted by molar-refractivity contribution is -0.137. The maximum Gasteiger partial charge on any atom is 0.416 e. The van der Waals surface area contributed by atoms with Crippen molar-refractivity contribution < 1.29 is 37.0 Å². The number of carbonyl (C=O) groups excluding carboxylic acids is 1. The van der Waals surface area contributed by atoms with Crippen LogP contribution in [0.15, 0.2) is 72.9 Å². The summed E-state index contributed by atoms with van der Waals surface area (Å²) < 4.78 is 60.3. The number of hydrogen-bond donors (Lipinski definition) is 2. The number of benzene rings is 3. The first-order chi connectivity index (χ1) is 18.5. The van der Waals surface area contributed by atoms with Crippen LogP contribution in [0.5, 0.6) is 5.75 Å². The smallest absolute Gasteiger partial charge is 0.416 e. The van der Waals surface area contributed by atoms with Gasteiger partial charge in [0.2, 0.25) is 0 Å². The third-order valence-corrected chi connectivity index (χ3v) is 6.34. The van der Waals surface area contributed by atoms with Gasteiger partial charge in [-0.2, -0.15) is 13.2 Å². The summed E-state index contributed by atoms with van der Waals surface area (Å²) in [5.41, 5.74) is 1.09. The van der Waals surface area contributed by atoms with Crippen molar-refractivity contribution in [3.8, 4) is 16.9 Å². The van der Waals surface area contributed by atoms with Crippen LogP contribution < -0.4 is 4.74 Å². The van der Waals surface area contributed by atoms with Gasteiger partial charge in [-0.1, -0.05) is 19.1 Å². The number of nitrogens with one attached hydrogen (secondary N) is 1. The normalized spacial score (nSPS) is 12.3. The zero-order chi connectivity index (χ0) is 28.3. The molecule has 0 saturated carbocycles. The molecule has 0 amide bonds. The quantitative estimate of drug-likeness (QED) is 0.169. The molecule has 0 bridgehead atoms. The highest BCUT2D eigenvalue weighted by Crippen LogP contribution is 2.39. The molecule has 5 nitrogen and oxygen atoms in total. The number of hydrogen-bond acceptors (Lipinski definition) is 3. The van der Waals surface area contributed by atoms with E-state index < -0.39 is 40.8 Å². The molecule has 4 aromatic rings. The second-order valence-electron chi connectivity index (χ2n) is 9.05. The van der Waals surface area contributed by atoms with Gasteiger partial charge in [0.1, 0.15) is 11.6 Å². The number of carboxylic acids is 1. The van der Waals surface area contributed by atoms with Crippen LogP contribution in [0.4, 0.5) is 17.6 Å². The minimum atomic E-state index is -4.76. The summed E-state index contributed by atoms with van der Waals surface area (Å²) in [6.45, 7) is 4.04. The van der Waals surface area contributed by atoms with E-state index in [1.807, 2.05) is 13.8 Å². The lowest BCUT2D eigenvalue weighted by Crippen LogP contribution is -2.18. The summed E-state index contributed by atoms with van der Waals surface area (Å²) in [6.07, 6.45) is -2.52. The van der Waals surface area contributed by atoms with Gasteiger partial charge in [-0.15, -0.1) is 0 Å². The Hall–Kier alpha value is -4.40. The number of carboxylic acid groups (broad SMARTS) is 1. The van der Waals surface area contributed by atoms with E-state index in [1.165, 1.54) is 12.1 Å². The van der Waals surface area contributed by atoms with E-state index in [9.17, 15) is 32.3 Å². The van der Waals surface area contributed by atoms with E-state index >= 15 is 0 Å². The Morgan fingerprint density at radius 2 is 1.79 bits per heavy atom. The average Bonchev–Trinajstić information content (AvgIpc) is 3.42. The third kappa shape index (κ3) is 5.87. The van der Waals surface area contributed by atoms with Crippen LogP contribution in [0.3, 0.4) is 0 Å². The maximum absolute atomic E-state index is 15.0. The molecular formula is C30H25F4NO4. The Bertz CT molecular complexity index is 1510. The number of aromatic carboxylic acids is 1. The molecule has 202 valence electrons. The number of aromatic amines is 1. The summed E-state index contributed by atoms with van der Waals surface area (Å²) in [7, 11) is 0. The number of ether oxygens (including phenoxy) is 1. The summed E-state index contributed by atoms with van der Waals surface area (Å²) >= 11 is 0. The molecule has 0 saturated heterocycles. The third-order valence-electron chi connectivity index (χ3n) is 6.34. The Morgan fingerprint density at radius 3 is 2.41 bits per heavy atom. The number of alkyl halides is 3. The van der Waals surface area contributed by atoms with Crippen LogP contribution in [0.1, 0.15) is 62.4 Å². The fraction of sp³-hybridized carbons (Fsp3) is 0.200. The van der Waals surface area contributed by atoms with Crippen molar-refractivity contribution in [1.29, 1.82) is 0 Å². The monoisotopic (exact) mass is 539 g/mol. The molecule has 0 spiro atoms. The van der Waals surface area contributed by atoms with Crippen molar-refractivity contribution in [2.75, 3.05) is 6.61 Å². The van der Waals surface area contributed by atoms with E-state index in [0.717, 1.165) is 11.6 Å². The molecule has 0 fully saturated rings. The first-order valence-electron chi connectivity index (χ1n) is 12.2. The summed E-state index contributed by atoms with van der Waals surface area (Å²) in [5, 5.41) is 9.48. The SMILES string of the molecule is CCCOc1ccc(-c2cc(C(=O)O)ccc2C)cc1C(C(=O)c1ccc(C(F)(F)F)cc1F)c1ccc[nH]1. The molecule has 2 N–H and O–H groups in total.